The second-order valence-electron chi connectivity index (χ2n) is 6.73. The second-order valence-corrected chi connectivity index (χ2v) is 6.73. The molecule has 1 aromatic heterocycles. The highest BCUT2D eigenvalue weighted by Crippen LogP contribution is 2.39. The number of piperidine rings is 1. The number of aromatic nitrogens is 1. The molecule has 2 fully saturated rings. The third-order valence-corrected chi connectivity index (χ3v) is 5.23. The smallest absolute Gasteiger partial charge is 0.235 e. The molecule has 0 bridgehead atoms. The van der Waals surface area contributed by atoms with E-state index in [0.717, 1.165) is 36.5 Å². The Morgan fingerprint density at radius 3 is 2.83 bits per heavy atom. The van der Waals surface area contributed by atoms with Crippen molar-refractivity contribution in [2.75, 3.05) is 0 Å². The Morgan fingerprint density at radius 2 is 2.08 bits per heavy atom. The van der Waals surface area contributed by atoms with Crippen LogP contribution in [0.25, 0.3) is 11.0 Å². The zero-order valence-corrected chi connectivity index (χ0v) is 13.2. The van der Waals surface area contributed by atoms with Crippen LogP contribution in [0.5, 0.6) is 0 Å². The van der Waals surface area contributed by atoms with E-state index in [0.29, 0.717) is 30.0 Å². The zero-order valence-electron chi connectivity index (χ0n) is 13.2. The SMILES string of the molecule is O=C[C@H]1CCC(c2ccc3c(C4CCC(=O)NC4=O)noc3c2)C1. The Bertz CT molecular complexity index is 826. The molecule has 2 aliphatic rings. The molecule has 0 radical (unpaired) electrons. The van der Waals surface area contributed by atoms with Crippen molar-refractivity contribution in [2.45, 2.75) is 43.9 Å². The molecule has 6 heteroatoms. The monoisotopic (exact) mass is 326 g/mol. The van der Waals surface area contributed by atoms with Crippen LogP contribution in [-0.4, -0.2) is 23.3 Å². The van der Waals surface area contributed by atoms with Gasteiger partial charge < -0.3 is 9.32 Å². The lowest BCUT2D eigenvalue weighted by molar-refractivity contribution is -0.134. The average Bonchev–Trinajstić information content (AvgIpc) is 3.21. The van der Waals surface area contributed by atoms with Crippen LogP contribution < -0.4 is 5.32 Å². The average molecular weight is 326 g/mol. The molecule has 4 rings (SSSR count). The van der Waals surface area contributed by atoms with E-state index in [1.54, 1.807) is 0 Å². The Hall–Kier alpha value is -2.50. The molecule has 2 amide bonds. The molecule has 2 unspecified atom stereocenters. The summed E-state index contributed by atoms with van der Waals surface area (Å²) in [6, 6.07) is 5.94. The normalized spacial score (nSPS) is 27.4. The number of amides is 2. The largest absolute Gasteiger partial charge is 0.356 e. The first kappa shape index (κ1) is 15.1. The molecule has 6 nitrogen and oxygen atoms in total. The van der Waals surface area contributed by atoms with Gasteiger partial charge in [-0.15, -0.1) is 0 Å². The van der Waals surface area contributed by atoms with Crippen molar-refractivity contribution in [3.63, 3.8) is 0 Å². The van der Waals surface area contributed by atoms with Gasteiger partial charge in [-0.1, -0.05) is 11.2 Å². The van der Waals surface area contributed by atoms with Crippen LogP contribution in [0.4, 0.5) is 0 Å². The van der Waals surface area contributed by atoms with Crippen LogP contribution in [0.15, 0.2) is 22.7 Å². The topological polar surface area (TPSA) is 89.3 Å². The Morgan fingerprint density at radius 1 is 1.21 bits per heavy atom. The number of imide groups is 1. The predicted octanol–water partition coefficient (Wildman–Crippen LogP) is 2.43. The summed E-state index contributed by atoms with van der Waals surface area (Å²) >= 11 is 0. The molecule has 1 saturated heterocycles. The highest BCUT2D eigenvalue weighted by Gasteiger charge is 2.32. The maximum Gasteiger partial charge on any atom is 0.235 e. The van der Waals surface area contributed by atoms with E-state index in [9.17, 15) is 14.4 Å². The lowest BCUT2D eigenvalue weighted by Crippen LogP contribution is -2.39. The summed E-state index contributed by atoms with van der Waals surface area (Å²) in [6.45, 7) is 0. The van der Waals surface area contributed by atoms with Gasteiger partial charge >= 0.3 is 0 Å². The number of nitrogens with zero attached hydrogens (tertiary/aromatic N) is 1. The number of rotatable bonds is 3. The van der Waals surface area contributed by atoms with E-state index >= 15 is 0 Å². The summed E-state index contributed by atoms with van der Waals surface area (Å²) in [6.07, 6.45) is 4.64. The molecule has 1 N–H and O–H groups in total. The maximum absolute atomic E-state index is 12.0. The van der Waals surface area contributed by atoms with E-state index in [-0.39, 0.29) is 17.7 Å². The van der Waals surface area contributed by atoms with Gasteiger partial charge in [0.2, 0.25) is 11.8 Å². The predicted molar refractivity (Wildman–Crippen MR) is 85.3 cm³/mol. The zero-order chi connectivity index (χ0) is 16.7. The van der Waals surface area contributed by atoms with Crippen LogP contribution in [0.3, 0.4) is 0 Å². The van der Waals surface area contributed by atoms with Crippen LogP contribution in [0.2, 0.25) is 0 Å². The Kier molecular flexibility index (Phi) is 3.67. The summed E-state index contributed by atoms with van der Waals surface area (Å²) < 4.78 is 5.45. The molecule has 3 atom stereocenters. The van der Waals surface area contributed by atoms with Crippen molar-refractivity contribution in [2.24, 2.45) is 5.92 Å². The van der Waals surface area contributed by atoms with Crippen LogP contribution >= 0.6 is 0 Å². The summed E-state index contributed by atoms with van der Waals surface area (Å²) in [7, 11) is 0. The standard InChI is InChI=1S/C18H18N2O4/c21-9-10-1-2-11(7-10)12-3-4-13-15(8-12)24-20-17(13)14-5-6-16(22)19-18(14)23/h3-4,8-11,14H,1-2,5-7H2,(H,19,22,23)/t10-,11?,14?/m0/s1. The number of hydrogen-bond donors (Lipinski definition) is 1. The van der Waals surface area contributed by atoms with Gasteiger partial charge in [0.1, 0.15) is 12.0 Å². The van der Waals surface area contributed by atoms with E-state index < -0.39 is 5.92 Å². The fourth-order valence-electron chi connectivity index (χ4n) is 3.88. The molecule has 1 aliphatic heterocycles. The summed E-state index contributed by atoms with van der Waals surface area (Å²) in [5.74, 6) is -0.471. The van der Waals surface area contributed by atoms with Gasteiger partial charge in [-0.3, -0.25) is 14.9 Å². The van der Waals surface area contributed by atoms with E-state index in [1.807, 2.05) is 18.2 Å². The minimum atomic E-state index is -0.444. The quantitative estimate of drug-likeness (QED) is 0.691. The van der Waals surface area contributed by atoms with Gasteiger partial charge in [0.15, 0.2) is 5.58 Å². The molecule has 2 aromatic rings. The van der Waals surface area contributed by atoms with Crippen LogP contribution in [-0.2, 0) is 14.4 Å². The summed E-state index contributed by atoms with van der Waals surface area (Å²) in [5, 5.41) is 7.26. The molecule has 1 aromatic carbocycles. The van der Waals surface area contributed by atoms with Crippen molar-refractivity contribution in [1.29, 1.82) is 0 Å². The number of hydrogen-bond acceptors (Lipinski definition) is 5. The summed E-state index contributed by atoms with van der Waals surface area (Å²) in [4.78, 5) is 34.3. The fourth-order valence-corrected chi connectivity index (χ4v) is 3.88. The lowest BCUT2D eigenvalue weighted by Gasteiger charge is -2.18. The number of fused-ring (bicyclic) bond motifs is 1. The third-order valence-electron chi connectivity index (χ3n) is 5.23. The molecule has 2 heterocycles. The molecule has 0 spiro atoms. The minimum absolute atomic E-state index is 0.152. The van der Waals surface area contributed by atoms with Gasteiger partial charge in [0.05, 0.1) is 5.92 Å². The van der Waals surface area contributed by atoms with E-state index in [2.05, 4.69) is 10.5 Å². The van der Waals surface area contributed by atoms with E-state index in [1.165, 1.54) is 0 Å². The lowest BCUT2D eigenvalue weighted by atomic mass is 9.91. The van der Waals surface area contributed by atoms with Crippen LogP contribution in [0, 0.1) is 5.92 Å². The van der Waals surface area contributed by atoms with Gasteiger partial charge in [0, 0.05) is 17.7 Å². The molecular weight excluding hydrogens is 308 g/mol. The Labute approximate surface area is 138 Å². The maximum atomic E-state index is 12.0. The van der Waals surface area contributed by atoms with Crippen molar-refractivity contribution in [3.8, 4) is 0 Å². The number of nitrogens with one attached hydrogen (secondary N) is 1. The first-order chi connectivity index (χ1) is 11.7. The third kappa shape index (κ3) is 2.52. The number of carbonyl (C=O) groups excluding carboxylic acids is 3. The fraction of sp³-hybridized carbons (Fsp3) is 0.444. The highest BCUT2D eigenvalue weighted by molar-refractivity contribution is 6.02. The Balaban J connectivity index is 1.63. The minimum Gasteiger partial charge on any atom is -0.356 e. The van der Waals surface area contributed by atoms with Crippen molar-refractivity contribution < 1.29 is 18.9 Å². The highest BCUT2D eigenvalue weighted by atomic mass is 16.5. The van der Waals surface area contributed by atoms with Crippen LogP contribution in [0.1, 0.15) is 55.2 Å². The van der Waals surface area contributed by atoms with Crippen molar-refractivity contribution >= 4 is 29.1 Å². The second kappa shape index (κ2) is 5.85. The van der Waals surface area contributed by atoms with E-state index in [4.69, 9.17) is 4.52 Å². The number of benzene rings is 1. The van der Waals surface area contributed by atoms with Gasteiger partial charge in [0.25, 0.3) is 0 Å². The summed E-state index contributed by atoms with van der Waals surface area (Å²) in [5.41, 5.74) is 2.40. The molecule has 124 valence electrons. The van der Waals surface area contributed by atoms with Gasteiger partial charge in [-0.25, -0.2) is 0 Å². The molecule has 24 heavy (non-hydrogen) atoms. The number of carbonyl (C=O) groups is 3. The first-order valence-electron chi connectivity index (χ1n) is 8.34. The molecule has 1 aliphatic carbocycles. The van der Waals surface area contributed by atoms with Crippen molar-refractivity contribution in [3.05, 3.63) is 29.5 Å². The molecule has 1 saturated carbocycles. The number of aldehydes is 1. The first-order valence-corrected chi connectivity index (χ1v) is 8.34. The van der Waals surface area contributed by atoms with Crippen molar-refractivity contribution in [1.82, 2.24) is 10.5 Å². The molecular formula is C18H18N2O4. The van der Waals surface area contributed by atoms with Gasteiger partial charge in [-0.2, -0.15) is 0 Å². The van der Waals surface area contributed by atoms with Gasteiger partial charge in [-0.05, 0) is 49.3 Å².